The predicted octanol–water partition coefficient (Wildman–Crippen LogP) is 11.8. The van der Waals surface area contributed by atoms with E-state index in [0.717, 1.165) is 66.8 Å². The van der Waals surface area contributed by atoms with Crippen molar-refractivity contribution < 1.29 is 45.9 Å². The van der Waals surface area contributed by atoms with Gasteiger partial charge in [0.1, 0.15) is 11.5 Å². The molecular formula is C50H56O4Zr. The Morgan fingerprint density at radius 2 is 0.782 bits per heavy atom. The Bertz CT molecular complexity index is 1910. The van der Waals surface area contributed by atoms with Crippen LogP contribution in [0.4, 0.5) is 0 Å². The van der Waals surface area contributed by atoms with Crippen LogP contribution < -0.4 is 0 Å². The van der Waals surface area contributed by atoms with Gasteiger partial charge in [-0.2, -0.15) is 49.2 Å². The maximum Gasteiger partial charge on any atom is 2.00 e. The molecule has 55 heavy (non-hydrogen) atoms. The van der Waals surface area contributed by atoms with E-state index in [1.54, 1.807) is 14.2 Å². The van der Waals surface area contributed by atoms with Gasteiger partial charge in [0.2, 0.25) is 0 Å². The molecule has 0 radical (unpaired) electrons. The molecule has 0 saturated heterocycles. The molecule has 0 bridgehead atoms. The van der Waals surface area contributed by atoms with E-state index in [0.29, 0.717) is 12.8 Å². The summed E-state index contributed by atoms with van der Waals surface area (Å²) < 4.78 is 11.9. The Kier molecular flexibility index (Phi) is 17.6. The number of hydrogen-bond donors (Lipinski definition) is 2. The largest absolute Gasteiger partial charge is 2.00 e. The molecule has 2 unspecified atom stereocenters. The first-order valence-corrected chi connectivity index (χ1v) is 18.4. The number of phenolic OH excluding ortho intramolecular Hbond substituents is 2. The molecule has 6 rings (SSSR count). The van der Waals surface area contributed by atoms with Crippen LogP contribution in [-0.4, -0.2) is 36.6 Å². The molecule has 2 N–H and O–H groups in total. The first-order valence-electron chi connectivity index (χ1n) is 18.4. The number of rotatable bonds is 9. The number of para-hydroxylation sites is 2. The fraction of sp³-hybridized carbons (Fsp3) is 0.240. The van der Waals surface area contributed by atoms with Gasteiger partial charge < -0.3 is 19.7 Å². The Balaban J connectivity index is 0.000000450. The average Bonchev–Trinajstić information content (AvgIpc) is 3.12. The van der Waals surface area contributed by atoms with Gasteiger partial charge in [-0.05, 0) is 86.1 Å². The minimum atomic E-state index is -0.336. The number of benzene rings is 6. The van der Waals surface area contributed by atoms with E-state index < -0.39 is 0 Å². The molecule has 0 aliphatic rings. The second-order valence-electron chi connectivity index (χ2n) is 14.1. The quantitative estimate of drug-likeness (QED) is 0.143. The van der Waals surface area contributed by atoms with Crippen LogP contribution in [-0.2, 0) is 48.5 Å². The van der Waals surface area contributed by atoms with E-state index >= 15 is 0 Å². The maximum absolute atomic E-state index is 11.4. The smallest absolute Gasteiger partial charge is 0.507 e. The summed E-state index contributed by atoms with van der Waals surface area (Å²) >= 11 is 0. The van der Waals surface area contributed by atoms with Crippen molar-refractivity contribution in [2.75, 3.05) is 14.2 Å². The van der Waals surface area contributed by atoms with Crippen molar-refractivity contribution >= 4 is 0 Å². The normalized spacial score (nSPS) is 11.6. The van der Waals surface area contributed by atoms with E-state index in [1.165, 1.54) is 11.1 Å². The zero-order valence-electron chi connectivity index (χ0n) is 33.7. The van der Waals surface area contributed by atoms with Crippen molar-refractivity contribution in [3.8, 4) is 33.8 Å². The second-order valence-corrected chi connectivity index (χ2v) is 14.1. The van der Waals surface area contributed by atoms with Crippen molar-refractivity contribution in [1.82, 2.24) is 0 Å². The number of hydrogen-bond acceptors (Lipinski definition) is 4. The third kappa shape index (κ3) is 12.2. The summed E-state index contributed by atoms with van der Waals surface area (Å²) in [5.74, 6) is 0.536. The number of ether oxygens (including phenoxy) is 2. The van der Waals surface area contributed by atoms with Crippen LogP contribution in [0.3, 0.4) is 0 Å². The molecule has 0 aliphatic heterocycles. The Morgan fingerprint density at radius 1 is 0.473 bits per heavy atom. The SMILES string of the molecule is COC(Cc1cccc(-c2c(C)cc(C)cc2C)c1O)C(Cc1cccc(-c2c(C)cc(C)cc2C)c1O)OC.[CH2-]c1ccccc1.[CH2-]c1ccccc1.[Zr+2]. The molecule has 0 aromatic heterocycles. The van der Waals surface area contributed by atoms with Crippen LogP contribution in [0.5, 0.6) is 11.5 Å². The van der Waals surface area contributed by atoms with Gasteiger partial charge in [-0.25, -0.2) is 0 Å². The summed E-state index contributed by atoms with van der Waals surface area (Å²) in [5, 5.41) is 22.8. The first-order chi connectivity index (χ1) is 25.8. The van der Waals surface area contributed by atoms with Crippen LogP contribution in [0, 0.1) is 55.4 Å². The summed E-state index contributed by atoms with van der Waals surface area (Å²) in [5.41, 5.74) is 14.5. The molecule has 0 aliphatic carbocycles. The Morgan fingerprint density at radius 3 is 1.04 bits per heavy atom. The van der Waals surface area contributed by atoms with Crippen molar-refractivity contribution in [3.05, 3.63) is 191 Å². The van der Waals surface area contributed by atoms with E-state index in [9.17, 15) is 10.2 Å². The minimum Gasteiger partial charge on any atom is -0.507 e. The summed E-state index contributed by atoms with van der Waals surface area (Å²) in [6.45, 7) is 20.0. The zero-order chi connectivity index (χ0) is 39.4. The van der Waals surface area contributed by atoms with Crippen LogP contribution in [0.25, 0.3) is 22.3 Å². The third-order valence-electron chi connectivity index (χ3n) is 9.68. The summed E-state index contributed by atoms with van der Waals surface area (Å²) in [7, 11) is 3.34. The van der Waals surface area contributed by atoms with E-state index in [1.807, 2.05) is 97.1 Å². The molecule has 0 heterocycles. The van der Waals surface area contributed by atoms with Gasteiger partial charge in [0.25, 0.3) is 0 Å². The van der Waals surface area contributed by atoms with Gasteiger partial charge in [-0.1, -0.05) is 83.9 Å². The average molecular weight is 812 g/mol. The van der Waals surface area contributed by atoms with Crippen molar-refractivity contribution in [2.24, 2.45) is 0 Å². The van der Waals surface area contributed by atoms with Crippen molar-refractivity contribution in [1.29, 1.82) is 0 Å². The molecule has 0 amide bonds. The summed E-state index contributed by atoms with van der Waals surface area (Å²) in [4.78, 5) is 0. The number of aryl methyl sites for hydroxylation is 6. The van der Waals surface area contributed by atoms with Crippen LogP contribution >= 0.6 is 0 Å². The molecule has 284 valence electrons. The van der Waals surface area contributed by atoms with Crippen LogP contribution in [0.1, 0.15) is 55.6 Å². The molecule has 6 aromatic rings. The predicted molar refractivity (Wildman–Crippen MR) is 226 cm³/mol. The fourth-order valence-corrected chi connectivity index (χ4v) is 7.25. The Labute approximate surface area is 349 Å². The molecule has 4 nitrogen and oxygen atoms in total. The number of methoxy groups -OCH3 is 2. The summed E-state index contributed by atoms with van der Waals surface area (Å²) in [6, 6.07) is 40.1. The van der Waals surface area contributed by atoms with Crippen molar-refractivity contribution in [3.63, 3.8) is 0 Å². The van der Waals surface area contributed by atoms with Crippen LogP contribution in [0.15, 0.2) is 121 Å². The molecule has 6 aromatic carbocycles. The second kappa shape index (κ2) is 21.5. The van der Waals surface area contributed by atoms with Gasteiger partial charge in [-0.3, -0.25) is 0 Å². The van der Waals surface area contributed by atoms with E-state index in [2.05, 4.69) is 79.7 Å². The van der Waals surface area contributed by atoms with E-state index in [4.69, 9.17) is 9.47 Å². The minimum absolute atomic E-state index is 0. The molecule has 2 atom stereocenters. The number of phenols is 2. The van der Waals surface area contributed by atoms with Crippen molar-refractivity contribution in [2.45, 2.75) is 66.6 Å². The van der Waals surface area contributed by atoms with Gasteiger partial charge in [0.15, 0.2) is 0 Å². The molecular weight excluding hydrogens is 756 g/mol. The fourth-order valence-electron chi connectivity index (χ4n) is 7.25. The topological polar surface area (TPSA) is 58.9 Å². The molecule has 0 fully saturated rings. The summed E-state index contributed by atoms with van der Waals surface area (Å²) in [6.07, 6.45) is 0.263. The number of aromatic hydroxyl groups is 2. The Hall–Kier alpha value is -4.54. The molecule has 5 heteroatoms. The monoisotopic (exact) mass is 810 g/mol. The van der Waals surface area contributed by atoms with Gasteiger partial charge in [0, 0.05) is 38.2 Å². The zero-order valence-corrected chi connectivity index (χ0v) is 36.2. The molecule has 0 spiro atoms. The first kappa shape index (κ1) is 44.9. The van der Waals surface area contributed by atoms with Crippen LogP contribution in [0.2, 0.25) is 0 Å². The van der Waals surface area contributed by atoms with Gasteiger partial charge in [0.05, 0.1) is 12.2 Å². The van der Waals surface area contributed by atoms with E-state index in [-0.39, 0.29) is 49.9 Å². The standard InChI is InChI=1S/C36H42O4.2C7H7.Zr/c1-21-15-23(3)33(24(4)16-21)29-13-9-11-27(35(29)37)19-31(39-7)32(40-8)20-28-12-10-14-30(36(28)38)34-25(5)17-22(2)18-26(34)6;2*1-7-5-3-2-4-6-7;/h9-18,31-32,37-38H,19-20H2,1-8H3;2*2-6H,1H2;/q;2*-1;+2. The van der Waals surface area contributed by atoms with Gasteiger partial charge >= 0.3 is 26.2 Å². The van der Waals surface area contributed by atoms with Gasteiger partial charge in [-0.15, -0.1) is 24.3 Å². The third-order valence-corrected chi connectivity index (χ3v) is 9.68. The maximum atomic E-state index is 11.4. The molecule has 0 saturated carbocycles.